The number of rotatable bonds is 5. The third-order valence-corrected chi connectivity index (χ3v) is 3.58. The molecule has 1 aromatic rings. The van der Waals surface area contributed by atoms with Crippen molar-refractivity contribution in [1.29, 1.82) is 0 Å². The number of pyridine rings is 1. The largest absolute Gasteiger partial charge is 0.367 e. The summed E-state index contributed by atoms with van der Waals surface area (Å²) >= 11 is 1.87. The Morgan fingerprint density at radius 2 is 2.06 bits per heavy atom. The zero-order valence-electron chi connectivity index (χ0n) is 11.6. The predicted molar refractivity (Wildman–Crippen MR) is 79.0 cm³/mol. The van der Waals surface area contributed by atoms with E-state index in [1.807, 2.05) is 18.0 Å². The van der Waals surface area contributed by atoms with Gasteiger partial charge in [0.15, 0.2) is 0 Å². The van der Waals surface area contributed by atoms with Crippen molar-refractivity contribution in [1.82, 2.24) is 4.98 Å². The fraction of sp³-hybridized carbons (Fsp3) is 0.643. The standard InChI is InChI=1S/C14H24N2S/c1-6-12(10-17-5)16-13-8-7-11(9-15-13)14(2,3)4/h7-9,12H,6,10H2,1-5H3,(H,15,16). The summed E-state index contributed by atoms with van der Waals surface area (Å²) in [5.41, 5.74) is 1.45. The maximum absolute atomic E-state index is 4.49. The number of thioether (sulfide) groups is 1. The predicted octanol–water partition coefficient (Wildman–Crippen LogP) is 3.93. The van der Waals surface area contributed by atoms with Crippen LogP contribution in [0.4, 0.5) is 5.82 Å². The first kappa shape index (κ1) is 14.4. The number of hydrogen-bond acceptors (Lipinski definition) is 3. The number of hydrogen-bond donors (Lipinski definition) is 1. The van der Waals surface area contributed by atoms with Gasteiger partial charge in [-0.1, -0.05) is 33.8 Å². The third-order valence-electron chi connectivity index (χ3n) is 2.84. The van der Waals surface area contributed by atoms with Gasteiger partial charge in [0.05, 0.1) is 0 Å². The first-order valence-electron chi connectivity index (χ1n) is 6.19. The Kier molecular flexibility index (Phi) is 5.31. The van der Waals surface area contributed by atoms with Crippen LogP contribution >= 0.6 is 11.8 Å². The zero-order chi connectivity index (χ0) is 12.9. The summed E-state index contributed by atoms with van der Waals surface area (Å²) in [6, 6.07) is 4.77. The average Bonchev–Trinajstić information content (AvgIpc) is 2.28. The van der Waals surface area contributed by atoms with Crippen molar-refractivity contribution in [2.24, 2.45) is 0 Å². The van der Waals surface area contributed by atoms with Crippen LogP contribution in [0.1, 0.15) is 39.7 Å². The minimum atomic E-state index is 0.176. The summed E-state index contributed by atoms with van der Waals surface area (Å²) in [4.78, 5) is 4.49. The van der Waals surface area contributed by atoms with Gasteiger partial charge in [-0.05, 0) is 29.7 Å². The molecule has 1 atom stereocenters. The molecule has 17 heavy (non-hydrogen) atoms. The van der Waals surface area contributed by atoms with E-state index in [9.17, 15) is 0 Å². The van der Waals surface area contributed by atoms with Crippen LogP contribution in [0, 0.1) is 0 Å². The van der Waals surface area contributed by atoms with Gasteiger partial charge in [-0.15, -0.1) is 0 Å². The van der Waals surface area contributed by atoms with E-state index in [4.69, 9.17) is 0 Å². The molecule has 0 radical (unpaired) electrons. The second kappa shape index (κ2) is 6.29. The minimum absolute atomic E-state index is 0.176. The average molecular weight is 252 g/mol. The third kappa shape index (κ3) is 4.58. The molecule has 96 valence electrons. The van der Waals surface area contributed by atoms with Crippen molar-refractivity contribution in [3.05, 3.63) is 23.9 Å². The van der Waals surface area contributed by atoms with Crippen LogP contribution in [0.2, 0.25) is 0 Å². The number of anilines is 1. The van der Waals surface area contributed by atoms with Crippen LogP contribution in [-0.2, 0) is 5.41 Å². The molecule has 3 heteroatoms. The van der Waals surface area contributed by atoms with E-state index in [1.165, 1.54) is 5.56 Å². The molecule has 0 aliphatic carbocycles. The van der Waals surface area contributed by atoms with Crippen molar-refractivity contribution in [3.8, 4) is 0 Å². The Labute approximate surface area is 110 Å². The highest BCUT2D eigenvalue weighted by atomic mass is 32.2. The van der Waals surface area contributed by atoms with Crippen molar-refractivity contribution >= 4 is 17.6 Å². The molecule has 0 amide bonds. The molecule has 1 N–H and O–H groups in total. The van der Waals surface area contributed by atoms with E-state index in [-0.39, 0.29) is 5.41 Å². The Bertz CT molecular complexity index is 327. The lowest BCUT2D eigenvalue weighted by Gasteiger charge is -2.20. The topological polar surface area (TPSA) is 24.9 Å². The molecule has 1 heterocycles. The normalized spacial score (nSPS) is 13.5. The van der Waals surface area contributed by atoms with Crippen LogP contribution in [-0.4, -0.2) is 23.0 Å². The van der Waals surface area contributed by atoms with Gasteiger partial charge < -0.3 is 5.32 Å². The van der Waals surface area contributed by atoms with Gasteiger partial charge in [0, 0.05) is 18.0 Å². The minimum Gasteiger partial charge on any atom is -0.367 e. The molecule has 1 rings (SSSR count). The number of nitrogens with one attached hydrogen (secondary N) is 1. The van der Waals surface area contributed by atoms with E-state index >= 15 is 0 Å². The lowest BCUT2D eigenvalue weighted by molar-refractivity contribution is 0.587. The summed E-state index contributed by atoms with van der Waals surface area (Å²) in [5, 5.41) is 3.48. The Balaban J connectivity index is 2.68. The van der Waals surface area contributed by atoms with Crippen molar-refractivity contribution in [2.45, 2.75) is 45.6 Å². The Hall–Kier alpha value is -0.700. The summed E-state index contributed by atoms with van der Waals surface area (Å²) in [6.07, 6.45) is 5.25. The molecule has 0 fully saturated rings. The molecule has 0 bridgehead atoms. The smallest absolute Gasteiger partial charge is 0.126 e. The summed E-state index contributed by atoms with van der Waals surface area (Å²) < 4.78 is 0. The van der Waals surface area contributed by atoms with Crippen LogP contribution in [0.3, 0.4) is 0 Å². The maximum Gasteiger partial charge on any atom is 0.126 e. The highest BCUT2D eigenvalue weighted by Gasteiger charge is 2.14. The quantitative estimate of drug-likeness (QED) is 0.859. The molecule has 1 unspecified atom stereocenters. The van der Waals surface area contributed by atoms with Gasteiger partial charge in [0.2, 0.25) is 0 Å². The van der Waals surface area contributed by atoms with Gasteiger partial charge in [-0.25, -0.2) is 4.98 Å². The molecule has 0 aliphatic heterocycles. The molecule has 0 saturated carbocycles. The summed E-state index contributed by atoms with van der Waals surface area (Å²) in [7, 11) is 0. The fourth-order valence-corrected chi connectivity index (χ4v) is 2.32. The van der Waals surface area contributed by atoms with E-state index in [1.54, 1.807) is 0 Å². The molecule has 2 nitrogen and oxygen atoms in total. The lowest BCUT2D eigenvalue weighted by atomic mass is 9.88. The first-order chi connectivity index (χ1) is 7.97. The summed E-state index contributed by atoms with van der Waals surface area (Å²) in [5.74, 6) is 2.11. The van der Waals surface area contributed by atoms with Crippen LogP contribution in [0.5, 0.6) is 0 Å². The van der Waals surface area contributed by atoms with Crippen LogP contribution in [0.15, 0.2) is 18.3 Å². The van der Waals surface area contributed by atoms with Crippen molar-refractivity contribution < 1.29 is 0 Å². The SMILES string of the molecule is CCC(CSC)Nc1ccc(C(C)(C)C)cn1. The van der Waals surface area contributed by atoms with Gasteiger partial charge in [0.25, 0.3) is 0 Å². The Morgan fingerprint density at radius 1 is 1.35 bits per heavy atom. The van der Waals surface area contributed by atoms with Crippen LogP contribution < -0.4 is 5.32 Å². The molecule has 0 aromatic carbocycles. The second-order valence-electron chi connectivity index (χ2n) is 5.39. The van der Waals surface area contributed by atoms with E-state index < -0.39 is 0 Å². The molecule has 0 saturated heterocycles. The lowest BCUT2D eigenvalue weighted by Crippen LogP contribution is -2.22. The van der Waals surface area contributed by atoms with Crippen LogP contribution in [0.25, 0.3) is 0 Å². The summed E-state index contributed by atoms with van der Waals surface area (Å²) in [6.45, 7) is 8.83. The fourth-order valence-electron chi connectivity index (χ4n) is 1.59. The highest BCUT2D eigenvalue weighted by molar-refractivity contribution is 7.98. The maximum atomic E-state index is 4.49. The van der Waals surface area contributed by atoms with E-state index in [2.05, 4.69) is 56.4 Å². The van der Waals surface area contributed by atoms with Gasteiger partial charge in [-0.2, -0.15) is 11.8 Å². The zero-order valence-corrected chi connectivity index (χ0v) is 12.4. The monoisotopic (exact) mass is 252 g/mol. The number of nitrogens with zero attached hydrogens (tertiary/aromatic N) is 1. The number of aromatic nitrogens is 1. The molecule has 0 spiro atoms. The van der Waals surface area contributed by atoms with Gasteiger partial charge in [-0.3, -0.25) is 0 Å². The highest BCUT2D eigenvalue weighted by Crippen LogP contribution is 2.22. The molecular weight excluding hydrogens is 228 g/mol. The Morgan fingerprint density at radius 3 is 2.47 bits per heavy atom. The van der Waals surface area contributed by atoms with E-state index in [0.717, 1.165) is 18.0 Å². The van der Waals surface area contributed by atoms with Crippen molar-refractivity contribution in [2.75, 3.05) is 17.3 Å². The molecule has 0 aliphatic rings. The molecule has 1 aromatic heterocycles. The first-order valence-corrected chi connectivity index (χ1v) is 7.58. The molecular formula is C14H24N2S. The van der Waals surface area contributed by atoms with Gasteiger partial charge in [0.1, 0.15) is 5.82 Å². The van der Waals surface area contributed by atoms with Crippen molar-refractivity contribution in [3.63, 3.8) is 0 Å². The van der Waals surface area contributed by atoms with Gasteiger partial charge >= 0.3 is 0 Å². The van der Waals surface area contributed by atoms with E-state index in [0.29, 0.717) is 6.04 Å². The second-order valence-corrected chi connectivity index (χ2v) is 6.30.